The minimum atomic E-state index is -1.69. The SMILES string of the molecule is O=C(C[C@H](NC(=O)OCc1ccccc1)C(=O)N1CCOCC1)N[C@@H]1OC(CO)[C@H](O)[C@H](O)C1O. The summed E-state index contributed by atoms with van der Waals surface area (Å²) >= 11 is 0. The zero-order chi connectivity index (χ0) is 25.4. The minimum absolute atomic E-state index is 0.0395. The highest BCUT2D eigenvalue weighted by Crippen LogP contribution is 2.20. The molecule has 0 aromatic heterocycles. The van der Waals surface area contributed by atoms with Crippen LogP contribution in [0.3, 0.4) is 0 Å². The Bertz CT molecular complexity index is 849. The quantitative estimate of drug-likeness (QED) is 0.223. The first-order chi connectivity index (χ1) is 16.8. The standard InChI is InChI=1S/C22H31N3O10/c26-11-15-17(28)18(29)19(30)20(35-15)24-16(27)10-14(21(31)25-6-8-33-9-7-25)23-22(32)34-12-13-4-2-1-3-5-13/h1-5,14-15,17-20,26,28-30H,6-12H2,(H,23,32)(H,24,27)/t14-,15?,17-,18-,19?,20+/m0/s1. The van der Waals surface area contributed by atoms with Crippen LogP contribution in [0.15, 0.2) is 30.3 Å². The topological polar surface area (TPSA) is 187 Å². The molecule has 35 heavy (non-hydrogen) atoms. The third-order valence-corrected chi connectivity index (χ3v) is 5.71. The number of aliphatic hydroxyl groups is 4. The number of carbonyl (C=O) groups is 3. The third kappa shape index (κ3) is 7.34. The maximum Gasteiger partial charge on any atom is 0.408 e. The molecule has 194 valence electrons. The summed E-state index contributed by atoms with van der Waals surface area (Å²) in [6, 6.07) is 7.61. The number of carbonyl (C=O) groups excluding carboxylic acids is 3. The van der Waals surface area contributed by atoms with Gasteiger partial charge in [0.25, 0.3) is 0 Å². The first-order valence-corrected chi connectivity index (χ1v) is 11.2. The molecular weight excluding hydrogens is 466 g/mol. The van der Waals surface area contributed by atoms with Crippen molar-refractivity contribution in [2.24, 2.45) is 0 Å². The second-order valence-electron chi connectivity index (χ2n) is 8.22. The molecule has 2 fully saturated rings. The van der Waals surface area contributed by atoms with E-state index < -0.39 is 67.6 Å². The van der Waals surface area contributed by atoms with Crippen molar-refractivity contribution in [2.75, 3.05) is 32.9 Å². The predicted molar refractivity (Wildman–Crippen MR) is 117 cm³/mol. The Balaban J connectivity index is 1.63. The van der Waals surface area contributed by atoms with Gasteiger partial charge in [0.1, 0.15) is 37.1 Å². The number of ether oxygens (including phenoxy) is 3. The van der Waals surface area contributed by atoms with Gasteiger partial charge in [-0.3, -0.25) is 9.59 Å². The predicted octanol–water partition coefficient (Wildman–Crippen LogP) is -2.55. The van der Waals surface area contributed by atoms with E-state index in [9.17, 15) is 34.8 Å². The minimum Gasteiger partial charge on any atom is -0.445 e. The van der Waals surface area contributed by atoms with E-state index in [4.69, 9.17) is 14.2 Å². The number of nitrogens with one attached hydrogen (secondary N) is 2. The molecule has 3 rings (SSSR count). The highest BCUT2D eigenvalue weighted by molar-refractivity contribution is 5.91. The molecule has 0 bridgehead atoms. The molecule has 2 aliphatic heterocycles. The maximum absolute atomic E-state index is 13.0. The van der Waals surface area contributed by atoms with Crippen LogP contribution in [0.25, 0.3) is 0 Å². The molecule has 2 aliphatic rings. The molecule has 3 amide bonds. The van der Waals surface area contributed by atoms with Crippen LogP contribution in [-0.4, -0.2) is 113 Å². The van der Waals surface area contributed by atoms with Crippen LogP contribution in [0.4, 0.5) is 4.79 Å². The molecule has 0 saturated carbocycles. The number of alkyl carbamates (subject to hydrolysis) is 1. The number of nitrogens with zero attached hydrogens (tertiary/aromatic N) is 1. The van der Waals surface area contributed by atoms with Gasteiger partial charge in [0.2, 0.25) is 11.8 Å². The van der Waals surface area contributed by atoms with Gasteiger partial charge in [0.05, 0.1) is 26.2 Å². The average Bonchev–Trinajstić information content (AvgIpc) is 2.88. The van der Waals surface area contributed by atoms with Gasteiger partial charge >= 0.3 is 6.09 Å². The van der Waals surface area contributed by atoms with Crippen molar-refractivity contribution in [3.05, 3.63) is 35.9 Å². The van der Waals surface area contributed by atoms with E-state index in [1.807, 2.05) is 6.07 Å². The van der Waals surface area contributed by atoms with Crippen molar-refractivity contribution in [3.63, 3.8) is 0 Å². The highest BCUT2D eigenvalue weighted by Gasteiger charge is 2.44. The number of rotatable bonds is 8. The van der Waals surface area contributed by atoms with Gasteiger partial charge in [-0.1, -0.05) is 30.3 Å². The average molecular weight is 498 g/mol. The summed E-state index contributed by atoms with van der Waals surface area (Å²) in [6.45, 7) is 0.489. The molecular formula is C22H31N3O10. The van der Waals surface area contributed by atoms with E-state index in [0.717, 1.165) is 5.56 Å². The second-order valence-corrected chi connectivity index (χ2v) is 8.22. The molecule has 6 N–H and O–H groups in total. The van der Waals surface area contributed by atoms with Crippen molar-refractivity contribution in [2.45, 2.75) is 49.7 Å². The lowest BCUT2D eigenvalue weighted by atomic mass is 9.98. The first kappa shape index (κ1) is 26.8. The van der Waals surface area contributed by atoms with Crippen LogP contribution in [0.1, 0.15) is 12.0 Å². The van der Waals surface area contributed by atoms with E-state index in [1.54, 1.807) is 24.3 Å². The summed E-state index contributed by atoms with van der Waals surface area (Å²) in [5.41, 5.74) is 0.735. The van der Waals surface area contributed by atoms with Crippen LogP contribution in [0.5, 0.6) is 0 Å². The van der Waals surface area contributed by atoms with E-state index in [-0.39, 0.29) is 19.7 Å². The molecule has 1 aromatic carbocycles. The van der Waals surface area contributed by atoms with E-state index in [0.29, 0.717) is 13.2 Å². The van der Waals surface area contributed by atoms with Gasteiger partial charge in [0, 0.05) is 13.1 Å². The fourth-order valence-corrected chi connectivity index (χ4v) is 3.74. The number of hydrogen-bond acceptors (Lipinski definition) is 10. The van der Waals surface area contributed by atoms with Crippen LogP contribution < -0.4 is 10.6 Å². The lowest BCUT2D eigenvalue weighted by Gasteiger charge is -2.40. The first-order valence-electron chi connectivity index (χ1n) is 11.2. The van der Waals surface area contributed by atoms with Gasteiger partial charge in [-0.25, -0.2) is 4.79 Å². The number of benzene rings is 1. The smallest absolute Gasteiger partial charge is 0.408 e. The van der Waals surface area contributed by atoms with Crippen molar-refractivity contribution >= 4 is 17.9 Å². The van der Waals surface area contributed by atoms with Crippen LogP contribution in [0.2, 0.25) is 0 Å². The summed E-state index contributed by atoms with van der Waals surface area (Å²) in [5.74, 6) is -1.31. The van der Waals surface area contributed by atoms with Crippen LogP contribution in [0, 0.1) is 0 Å². The molecule has 2 saturated heterocycles. The Hall–Kier alpha value is -2.81. The number of amides is 3. The zero-order valence-electron chi connectivity index (χ0n) is 19.0. The van der Waals surface area contributed by atoms with Gasteiger partial charge in [-0.2, -0.15) is 0 Å². The highest BCUT2D eigenvalue weighted by atomic mass is 16.6. The number of hydrogen-bond donors (Lipinski definition) is 6. The molecule has 2 unspecified atom stereocenters. The number of morpholine rings is 1. The van der Waals surface area contributed by atoms with E-state index in [2.05, 4.69) is 10.6 Å². The molecule has 13 heteroatoms. The molecule has 0 spiro atoms. The molecule has 0 radical (unpaired) electrons. The summed E-state index contributed by atoms with van der Waals surface area (Å²) < 4.78 is 15.7. The van der Waals surface area contributed by atoms with Gasteiger partial charge < -0.3 is 50.2 Å². The Morgan fingerprint density at radius 3 is 2.40 bits per heavy atom. The summed E-state index contributed by atoms with van der Waals surface area (Å²) in [7, 11) is 0. The summed E-state index contributed by atoms with van der Waals surface area (Å²) in [6.07, 6.45) is -9.04. The Morgan fingerprint density at radius 2 is 1.74 bits per heavy atom. The van der Waals surface area contributed by atoms with Gasteiger partial charge in [0.15, 0.2) is 6.23 Å². The van der Waals surface area contributed by atoms with Crippen molar-refractivity contribution in [3.8, 4) is 0 Å². The molecule has 0 aliphatic carbocycles. The lowest BCUT2D eigenvalue weighted by Crippen LogP contribution is -2.63. The van der Waals surface area contributed by atoms with Crippen molar-refractivity contribution < 1.29 is 49.0 Å². The molecule has 6 atom stereocenters. The Kier molecular flexibility index (Phi) is 9.77. The molecule has 13 nitrogen and oxygen atoms in total. The maximum atomic E-state index is 13.0. The fourth-order valence-electron chi connectivity index (χ4n) is 3.74. The van der Waals surface area contributed by atoms with E-state index in [1.165, 1.54) is 4.90 Å². The summed E-state index contributed by atoms with van der Waals surface area (Å²) in [4.78, 5) is 39.6. The zero-order valence-corrected chi connectivity index (χ0v) is 19.0. The van der Waals surface area contributed by atoms with Crippen LogP contribution in [-0.2, 0) is 30.4 Å². The number of aliphatic hydroxyl groups excluding tert-OH is 4. The largest absolute Gasteiger partial charge is 0.445 e. The Morgan fingerprint density at radius 1 is 1.06 bits per heavy atom. The second kappa shape index (κ2) is 12.8. The van der Waals surface area contributed by atoms with Crippen molar-refractivity contribution in [1.82, 2.24) is 15.5 Å². The van der Waals surface area contributed by atoms with E-state index >= 15 is 0 Å². The summed E-state index contributed by atoms with van der Waals surface area (Å²) in [5, 5.41) is 43.9. The van der Waals surface area contributed by atoms with Gasteiger partial charge in [-0.05, 0) is 5.56 Å². The van der Waals surface area contributed by atoms with Crippen LogP contribution >= 0.6 is 0 Å². The third-order valence-electron chi connectivity index (χ3n) is 5.71. The lowest BCUT2D eigenvalue weighted by molar-refractivity contribution is -0.236. The van der Waals surface area contributed by atoms with Crippen molar-refractivity contribution in [1.29, 1.82) is 0 Å². The fraction of sp³-hybridized carbons (Fsp3) is 0.591. The Labute approximate surface area is 201 Å². The molecule has 2 heterocycles. The normalized spacial score (nSPS) is 27.5. The molecule has 1 aromatic rings. The van der Waals surface area contributed by atoms with Gasteiger partial charge in [-0.15, -0.1) is 0 Å². The monoisotopic (exact) mass is 497 g/mol.